The van der Waals surface area contributed by atoms with Gasteiger partial charge in [-0.25, -0.2) is 9.97 Å². The molecule has 2 aromatic heterocycles. The fourth-order valence-corrected chi connectivity index (χ4v) is 3.90. The van der Waals surface area contributed by atoms with Gasteiger partial charge in [-0.05, 0) is 36.8 Å². The highest BCUT2D eigenvalue weighted by Gasteiger charge is 2.12. The van der Waals surface area contributed by atoms with Crippen molar-refractivity contribution < 1.29 is 9.53 Å². The summed E-state index contributed by atoms with van der Waals surface area (Å²) in [5, 5.41) is 3.90. The Morgan fingerprint density at radius 3 is 2.82 bits per heavy atom. The van der Waals surface area contributed by atoms with Gasteiger partial charge in [0.15, 0.2) is 0 Å². The third kappa shape index (κ3) is 3.73. The quantitative estimate of drug-likeness (QED) is 0.530. The number of thiazole rings is 1. The number of para-hydroxylation sites is 1. The molecule has 0 bridgehead atoms. The van der Waals surface area contributed by atoms with E-state index < -0.39 is 0 Å². The second kappa shape index (κ2) is 7.78. The van der Waals surface area contributed by atoms with Crippen molar-refractivity contribution >= 4 is 33.3 Å². The van der Waals surface area contributed by atoms with Crippen LogP contribution in [-0.4, -0.2) is 23.0 Å². The first-order valence-corrected chi connectivity index (χ1v) is 9.70. The van der Waals surface area contributed by atoms with Crippen molar-refractivity contribution in [1.29, 1.82) is 0 Å². The van der Waals surface area contributed by atoms with E-state index in [2.05, 4.69) is 15.3 Å². The number of aromatic nitrogens is 2. The van der Waals surface area contributed by atoms with Crippen molar-refractivity contribution in [2.24, 2.45) is 0 Å². The average molecular weight is 389 g/mol. The second-order valence-corrected chi connectivity index (χ2v) is 7.39. The van der Waals surface area contributed by atoms with Gasteiger partial charge in [0, 0.05) is 23.0 Å². The smallest absolute Gasteiger partial charge is 0.228 e. The topological polar surface area (TPSA) is 64.1 Å². The zero-order valence-electron chi connectivity index (χ0n) is 15.6. The number of carbonyl (C=O) groups excluding carboxylic acids is 1. The Kier molecular flexibility index (Phi) is 5.04. The molecule has 0 radical (unpaired) electrons. The summed E-state index contributed by atoms with van der Waals surface area (Å²) in [6.07, 6.45) is 2.02. The van der Waals surface area contributed by atoms with Crippen LogP contribution in [-0.2, 0) is 11.2 Å². The number of aryl methyl sites for hydroxylation is 1. The highest BCUT2D eigenvalue weighted by molar-refractivity contribution is 7.21. The zero-order valence-corrected chi connectivity index (χ0v) is 16.4. The third-order valence-corrected chi connectivity index (χ3v) is 5.50. The first kappa shape index (κ1) is 18.1. The SMILES string of the molecule is COc1ccccc1CC(=O)Nc1cc(-c2nc3cccnc3s2)ccc1C. The lowest BCUT2D eigenvalue weighted by Gasteiger charge is -2.11. The number of pyridine rings is 1. The minimum absolute atomic E-state index is 0.0873. The van der Waals surface area contributed by atoms with Gasteiger partial charge in [0.1, 0.15) is 21.1 Å². The average Bonchev–Trinajstić information content (AvgIpc) is 3.14. The highest BCUT2D eigenvalue weighted by atomic mass is 32.1. The molecule has 140 valence electrons. The van der Waals surface area contributed by atoms with Crippen LogP contribution in [0.2, 0.25) is 0 Å². The minimum atomic E-state index is -0.0873. The van der Waals surface area contributed by atoms with Crippen molar-refractivity contribution in [3.05, 3.63) is 71.9 Å². The van der Waals surface area contributed by atoms with E-state index in [1.165, 1.54) is 11.3 Å². The normalized spacial score (nSPS) is 10.8. The van der Waals surface area contributed by atoms with Crippen LogP contribution in [0.4, 0.5) is 5.69 Å². The summed E-state index contributed by atoms with van der Waals surface area (Å²) in [6.45, 7) is 1.97. The number of amides is 1. The molecule has 0 aliphatic rings. The molecular formula is C22H19N3O2S. The van der Waals surface area contributed by atoms with Crippen molar-refractivity contribution in [2.75, 3.05) is 12.4 Å². The van der Waals surface area contributed by atoms with Gasteiger partial charge in [-0.2, -0.15) is 0 Å². The van der Waals surface area contributed by atoms with E-state index >= 15 is 0 Å². The summed E-state index contributed by atoms with van der Waals surface area (Å²) in [5.74, 6) is 0.626. The number of fused-ring (bicyclic) bond motifs is 1. The number of ether oxygens (including phenoxy) is 1. The molecule has 0 atom stereocenters. The van der Waals surface area contributed by atoms with Crippen LogP contribution in [0.3, 0.4) is 0 Å². The molecule has 6 heteroatoms. The Balaban J connectivity index is 1.58. The number of carbonyl (C=O) groups is 1. The number of anilines is 1. The molecular weight excluding hydrogens is 370 g/mol. The van der Waals surface area contributed by atoms with Crippen LogP contribution in [0.5, 0.6) is 5.75 Å². The molecule has 0 saturated carbocycles. The maximum Gasteiger partial charge on any atom is 0.228 e. The van der Waals surface area contributed by atoms with Gasteiger partial charge in [0.25, 0.3) is 0 Å². The number of nitrogens with zero attached hydrogens (tertiary/aromatic N) is 2. The number of benzene rings is 2. The Morgan fingerprint density at radius 1 is 1.14 bits per heavy atom. The molecule has 0 fully saturated rings. The van der Waals surface area contributed by atoms with Gasteiger partial charge < -0.3 is 10.1 Å². The Hall–Kier alpha value is -3.25. The molecule has 0 aliphatic carbocycles. The minimum Gasteiger partial charge on any atom is -0.496 e. The van der Waals surface area contributed by atoms with Crippen LogP contribution in [0.25, 0.3) is 20.9 Å². The number of nitrogens with one attached hydrogen (secondary N) is 1. The summed E-state index contributed by atoms with van der Waals surface area (Å²) >= 11 is 1.54. The molecule has 28 heavy (non-hydrogen) atoms. The van der Waals surface area contributed by atoms with Crippen molar-refractivity contribution in [3.63, 3.8) is 0 Å². The molecule has 1 N–H and O–H groups in total. The number of methoxy groups -OCH3 is 1. The Bertz CT molecular complexity index is 1120. The van der Waals surface area contributed by atoms with Crippen LogP contribution in [0.15, 0.2) is 60.8 Å². The summed E-state index contributed by atoms with van der Waals surface area (Å²) < 4.78 is 5.33. The highest BCUT2D eigenvalue weighted by Crippen LogP contribution is 2.31. The molecule has 2 aromatic carbocycles. The van der Waals surface area contributed by atoms with Gasteiger partial charge in [-0.15, -0.1) is 0 Å². The molecule has 4 aromatic rings. The summed E-state index contributed by atoms with van der Waals surface area (Å²) in [6, 6.07) is 17.4. The molecule has 0 spiro atoms. The van der Waals surface area contributed by atoms with Crippen molar-refractivity contribution in [3.8, 4) is 16.3 Å². The molecule has 0 unspecified atom stereocenters. The van der Waals surface area contributed by atoms with E-state index in [9.17, 15) is 4.79 Å². The lowest BCUT2D eigenvalue weighted by Crippen LogP contribution is -2.15. The predicted octanol–water partition coefficient (Wildman–Crippen LogP) is 4.86. The van der Waals surface area contributed by atoms with Crippen LogP contribution in [0.1, 0.15) is 11.1 Å². The summed E-state index contributed by atoms with van der Waals surface area (Å²) in [4.78, 5) is 22.5. The van der Waals surface area contributed by atoms with Crippen molar-refractivity contribution in [2.45, 2.75) is 13.3 Å². The van der Waals surface area contributed by atoms with Gasteiger partial charge in [-0.1, -0.05) is 41.7 Å². The van der Waals surface area contributed by atoms with E-state index in [-0.39, 0.29) is 12.3 Å². The van der Waals surface area contributed by atoms with Crippen molar-refractivity contribution in [1.82, 2.24) is 9.97 Å². The van der Waals surface area contributed by atoms with E-state index in [4.69, 9.17) is 4.74 Å². The van der Waals surface area contributed by atoms with Gasteiger partial charge in [-0.3, -0.25) is 4.79 Å². The summed E-state index contributed by atoms with van der Waals surface area (Å²) in [7, 11) is 1.61. The second-order valence-electron chi connectivity index (χ2n) is 6.41. The van der Waals surface area contributed by atoms with Gasteiger partial charge in [0.05, 0.1) is 13.5 Å². The Labute approximate surface area is 167 Å². The van der Waals surface area contributed by atoms with Crippen LogP contribution >= 0.6 is 11.3 Å². The van der Waals surface area contributed by atoms with Crippen LogP contribution in [0, 0.1) is 6.92 Å². The number of rotatable bonds is 5. The standard InChI is InChI=1S/C22H19N3O2S/c1-14-9-10-16(21-25-17-7-5-11-23-22(17)28-21)12-18(14)24-20(26)13-15-6-3-4-8-19(15)27-2/h3-12H,13H2,1-2H3,(H,24,26). The van der Waals surface area contributed by atoms with Gasteiger partial charge in [0.2, 0.25) is 5.91 Å². The first-order chi connectivity index (χ1) is 13.6. The molecule has 1 amide bonds. The zero-order chi connectivity index (χ0) is 19.5. The van der Waals surface area contributed by atoms with E-state index in [0.717, 1.165) is 37.7 Å². The molecule has 2 heterocycles. The summed E-state index contributed by atoms with van der Waals surface area (Å²) in [5.41, 5.74) is 4.47. The fraction of sp³-hybridized carbons (Fsp3) is 0.136. The largest absolute Gasteiger partial charge is 0.496 e. The monoisotopic (exact) mass is 389 g/mol. The lowest BCUT2D eigenvalue weighted by molar-refractivity contribution is -0.115. The maximum atomic E-state index is 12.6. The maximum absolute atomic E-state index is 12.6. The van der Waals surface area contributed by atoms with E-state index in [0.29, 0.717) is 5.75 Å². The number of hydrogen-bond donors (Lipinski definition) is 1. The van der Waals surface area contributed by atoms with E-state index in [1.54, 1.807) is 13.3 Å². The fourth-order valence-electron chi connectivity index (χ4n) is 3.00. The number of hydrogen-bond acceptors (Lipinski definition) is 5. The Morgan fingerprint density at radius 2 is 2.00 bits per heavy atom. The molecule has 5 nitrogen and oxygen atoms in total. The lowest BCUT2D eigenvalue weighted by atomic mass is 10.1. The molecule has 4 rings (SSSR count). The molecule has 0 saturated heterocycles. The predicted molar refractivity (Wildman–Crippen MR) is 113 cm³/mol. The van der Waals surface area contributed by atoms with E-state index in [1.807, 2.05) is 61.5 Å². The first-order valence-electron chi connectivity index (χ1n) is 8.88. The van der Waals surface area contributed by atoms with Gasteiger partial charge >= 0.3 is 0 Å². The third-order valence-electron chi connectivity index (χ3n) is 4.47. The molecule has 0 aliphatic heterocycles. The van der Waals surface area contributed by atoms with Crippen LogP contribution < -0.4 is 10.1 Å².